The minimum atomic E-state index is -1.05. The fourth-order valence-electron chi connectivity index (χ4n) is 1.46. The Bertz CT molecular complexity index is 482. The van der Waals surface area contributed by atoms with Crippen LogP contribution in [-0.2, 0) is 11.3 Å². The molecule has 0 atom stereocenters. The molecule has 4 nitrogen and oxygen atoms in total. The number of benzene rings is 1. The Morgan fingerprint density at radius 1 is 1.29 bits per heavy atom. The molecule has 2 rings (SSSR count). The maximum absolute atomic E-state index is 10.3. The molecule has 0 fully saturated rings. The van der Waals surface area contributed by atoms with Gasteiger partial charge in [0, 0.05) is 30.7 Å². The number of imidazole rings is 1. The molecule has 1 aromatic carbocycles. The van der Waals surface area contributed by atoms with E-state index in [9.17, 15) is 9.90 Å². The van der Waals surface area contributed by atoms with E-state index in [1.807, 2.05) is 36.5 Å². The number of rotatable bonds is 4. The van der Waals surface area contributed by atoms with Gasteiger partial charge >= 0.3 is 29.6 Å². The Balaban J connectivity index is 0.00000144. The summed E-state index contributed by atoms with van der Waals surface area (Å²) in [6.07, 6.45) is 3.47. The van der Waals surface area contributed by atoms with E-state index in [2.05, 4.69) is 4.98 Å². The van der Waals surface area contributed by atoms with Gasteiger partial charge in [0.2, 0.25) is 0 Å². The Morgan fingerprint density at radius 3 is 2.65 bits per heavy atom. The summed E-state index contributed by atoms with van der Waals surface area (Å²) in [5.41, 5.74) is 1.87. The summed E-state index contributed by atoms with van der Waals surface area (Å²) in [4.78, 5) is 14.5. The van der Waals surface area contributed by atoms with Crippen LogP contribution in [0.5, 0.6) is 0 Å². The van der Waals surface area contributed by atoms with E-state index < -0.39 is 5.97 Å². The van der Waals surface area contributed by atoms with E-state index in [1.54, 1.807) is 10.9 Å². The third kappa shape index (κ3) is 4.00. The molecule has 0 N–H and O–H groups in total. The van der Waals surface area contributed by atoms with Crippen molar-refractivity contribution in [2.24, 2.45) is 0 Å². The van der Waals surface area contributed by atoms with Crippen molar-refractivity contribution >= 4 is 5.97 Å². The van der Waals surface area contributed by atoms with Gasteiger partial charge in [-0.2, -0.15) is 0 Å². The third-order valence-corrected chi connectivity index (χ3v) is 2.28. The van der Waals surface area contributed by atoms with Gasteiger partial charge in [0.05, 0.1) is 12.0 Å². The predicted octanol–water partition coefficient (Wildman–Crippen LogP) is -2.31. The number of aromatic nitrogens is 2. The topological polar surface area (TPSA) is 57.9 Å². The first kappa shape index (κ1) is 14.0. The smallest absolute Gasteiger partial charge is 0.550 e. The zero-order valence-electron chi connectivity index (χ0n) is 9.67. The number of nitrogens with zero attached hydrogens (tertiary/aromatic N) is 2. The van der Waals surface area contributed by atoms with E-state index in [0.717, 1.165) is 11.3 Å². The van der Waals surface area contributed by atoms with Gasteiger partial charge in [0.25, 0.3) is 0 Å². The normalized spacial score (nSPS) is 9.65. The largest absolute Gasteiger partial charge is 1.00 e. The molecule has 0 bridgehead atoms. The molecular formula is C12H11N2NaO2. The third-order valence-electron chi connectivity index (χ3n) is 2.28. The zero-order valence-corrected chi connectivity index (χ0v) is 11.7. The van der Waals surface area contributed by atoms with Gasteiger partial charge in [-0.1, -0.05) is 30.3 Å². The number of carboxylic acid groups (broad SMARTS) is 1. The number of hydrogen-bond donors (Lipinski definition) is 0. The van der Waals surface area contributed by atoms with Gasteiger partial charge in [-0.15, -0.1) is 0 Å². The van der Waals surface area contributed by atoms with Crippen LogP contribution in [0.3, 0.4) is 0 Å². The summed E-state index contributed by atoms with van der Waals surface area (Å²) in [5, 5.41) is 10.3. The summed E-state index contributed by atoms with van der Waals surface area (Å²) in [6.45, 7) is 0.391. The standard InChI is InChI=1S/C12H12N2O2.Na/c15-12(16)6-7-14-8-11(13-9-14)10-4-2-1-3-5-10;/h1-5,8-9H,6-7H2,(H,15,16);/q;+1/p-1. The van der Waals surface area contributed by atoms with Gasteiger partial charge in [-0.3, -0.25) is 0 Å². The maximum Gasteiger partial charge on any atom is 1.00 e. The van der Waals surface area contributed by atoms with Crippen LogP contribution in [0.25, 0.3) is 11.3 Å². The van der Waals surface area contributed by atoms with Crippen LogP contribution < -0.4 is 34.7 Å². The van der Waals surface area contributed by atoms with Crippen molar-refractivity contribution in [3.63, 3.8) is 0 Å². The molecule has 0 saturated carbocycles. The number of carbonyl (C=O) groups is 1. The van der Waals surface area contributed by atoms with Crippen molar-refractivity contribution in [1.82, 2.24) is 9.55 Å². The Hall–Kier alpha value is -1.10. The average molecular weight is 238 g/mol. The SMILES string of the molecule is O=C([O-])CCn1cnc(-c2ccccc2)c1.[Na+]. The van der Waals surface area contributed by atoms with Gasteiger partial charge in [-0.25, -0.2) is 4.98 Å². The van der Waals surface area contributed by atoms with Crippen molar-refractivity contribution in [3.05, 3.63) is 42.9 Å². The van der Waals surface area contributed by atoms with Crippen molar-refractivity contribution in [2.45, 2.75) is 13.0 Å². The van der Waals surface area contributed by atoms with Crippen LogP contribution in [0.15, 0.2) is 42.9 Å². The number of hydrogen-bond acceptors (Lipinski definition) is 3. The molecule has 2 aromatic rings. The molecule has 17 heavy (non-hydrogen) atoms. The molecule has 5 heteroatoms. The second kappa shape index (κ2) is 6.59. The van der Waals surface area contributed by atoms with Gasteiger partial charge in [0.1, 0.15) is 0 Å². The number of carboxylic acids is 1. The van der Waals surface area contributed by atoms with Crippen LogP contribution in [0.4, 0.5) is 0 Å². The molecule has 0 radical (unpaired) electrons. The molecule has 1 heterocycles. The first-order chi connectivity index (χ1) is 7.75. The van der Waals surface area contributed by atoms with E-state index in [0.29, 0.717) is 6.54 Å². The number of aryl methyl sites for hydroxylation is 1. The average Bonchev–Trinajstić information content (AvgIpc) is 2.76. The molecule has 0 spiro atoms. The Morgan fingerprint density at radius 2 is 2.00 bits per heavy atom. The molecular weight excluding hydrogens is 227 g/mol. The second-order valence-corrected chi connectivity index (χ2v) is 3.48. The molecule has 0 saturated heterocycles. The Kier molecular flexibility index (Phi) is 5.41. The predicted molar refractivity (Wildman–Crippen MR) is 57.3 cm³/mol. The Labute approximate surface area is 122 Å². The summed E-state index contributed by atoms with van der Waals surface area (Å²) < 4.78 is 1.75. The summed E-state index contributed by atoms with van der Waals surface area (Å²) in [7, 11) is 0. The minimum Gasteiger partial charge on any atom is -0.550 e. The second-order valence-electron chi connectivity index (χ2n) is 3.48. The molecule has 0 aliphatic heterocycles. The van der Waals surface area contributed by atoms with Crippen LogP contribution in [0, 0.1) is 0 Å². The van der Waals surface area contributed by atoms with E-state index >= 15 is 0 Å². The molecule has 0 amide bonds. The molecule has 1 aromatic heterocycles. The monoisotopic (exact) mass is 238 g/mol. The minimum absolute atomic E-state index is 0. The van der Waals surface area contributed by atoms with E-state index in [4.69, 9.17) is 0 Å². The number of aliphatic carboxylic acids is 1. The maximum atomic E-state index is 10.3. The van der Waals surface area contributed by atoms with Crippen molar-refractivity contribution in [2.75, 3.05) is 0 Å². The van der Waals surface area contributed by atoms with Gasteiger partial charge in [-0.05, 0) is 0 Å². The first-order valence-corrected chi connectivity index (χ1v) is 5.03. The number of carbonyl (C=O) groups excluding carboxylic acids is 1. The summed E-state index contributed by atoms with van der Waals surface area (Å²) >= 11 is 0. The molecule has 0 aliphatic rings. The van der Waals surface area contributed by atoms with Crippen LogP contribution >= 0.6 is 0 Å². The van der Waals surface area contributed by atoms with Crippen molar-refractivity contribution in [1.29, 1.82) is 0 Å². The van der Waals surface area contributed by atoms with Crippen LogP contribution in [-0.4, -0.2) is 15.5 Å². The van der Waals surface area contributed by atoms with Gasteiger partial charge in [0.15, 0.2) is 0 Å². The van der Waals surface area contributed by atoms with Crippen molar-refractivity contribution < 1.29 is 39.5 Å². The van der Waals surface area contributed by atoms with E-state index in [1.165, 1.54) is 0 Å². The fourth-order valence-corrected chi connectivity index (χ4v) is 1.46. The van der Waals surface area contributed by atoms with Crippen molar-refractivity contribution in [3.8, 4) is 11.3 Å². The molecule has 0 unspecified atom stereocenters. The van der Waals surface area contributed by atoms with Gasteiger partial charge < -0.3 is 14.5 Å². The molecule has 0 aliphatic carbocycles. The van der Waals surface area contributed by atoms with Crippen LogP contribution in [0.1, 0.15) is 6.42 Å². The van der Waals surface area contributed by atoms with Crippen LogP contribution in [0.2, 0.25) is 0 Å². The fraction of sp³-hybridized carbons (Fsp3) is 0.167. The summed E-state index contributed by atoms with van der Waals surface area (Å²) in [5.74, 6) is -1.05. The zero-order chi connectivity index (χ0) is 11.4. The quantitative estimate of drug-likeness (QED) is 0.563. The van der Waals surface area contributed by atoms with E-state index in [-0.39, 0.29) is 36.0 Å². The summed E-state index contributed by atoms with van der Waals surface area (Å²) in [6, 6.07) is 9.75. The molecule has 82 valence electrons. The first-order valence-electron chi connectivity index (χ1n) is 5.03.